The Kier molecular flexibility index (Phi) is 4.93. The minimum absolute atomic E-state index is 0.0616. The smallest absolute Gasteiger partial charge is 0.249 e. The molecule has 0 bridgehead atoms. The molecular weight excluding hydrogens is 368 g/mol. The first-order valence-corrected chi connectivity index (χ1v) is 10.6. The van der Waals surface area contributed by atoms with Gasteiger partial charge in [0.2, 0.25) is 5.91 Å². The fourth-order valence-corrected chi connectivity index (χ4v) is 6.03. The third-order valence-corrected chi connectivity index (χ3v) is 7.98. The van der Waals surface area contributed by atoms with Crippen LogP contribution in [-0.2, 0) is 4.79 Å². The molecule has 2 N–H and O–H groups in total. The number of nitrogens with zero attached hydrogens (tertiary/aromatic N) is 2. The molecule has 4 unspecified atom stereocenters. The second kappa shape index (κ2) is 6.86. The third kappa shape index (κ3) is 3.27. The maximum Gasteiger partial charge on any atom is 0.249 e. The van der Waals surface area contributed by atoms with Crippen molar-refractivity contribution in [2.24, 2.45) is 17.3 Å². The standard InChI is InChI=1S/C18H31BrN4O/c1-13-4-2-3-5-14(13)9-22-7-6-18(10-22)11-23(12-18)15-8-20-21-17(24)16(15)19/h13-16,20H,2-12H2,1H3,(H,21,24). The maximum atomic E-state index is 11.8. The summed E-state index contributed by atoms with van der Waals surface area (Å²) in [6.45, 7) is 9.47. The van der Waals surface area contributed by atoms with Crippen molar-refractivity contribution in [3.63, 3.8) is 0 Å². The molecule has 1 amide bonds. The number of halogens is 1. The average molecular weight is 399 g/mol. The van der Waals surface area contributed by atoms with E-state index < -0.39 is 0 Å². The lowest BCUT2D eigenvalue weighted by molar-refractivity contribution is -0.126. The van der Waals surface area contributed by atoms with Crippen LogP contribution in [0.15, 0.2) is 0 Å². The largest absolute Gasteiger partial charge is 0.302 e. The Labute approximate surface area is 154 Å². The zero-order valence-electron chi connectivity index (χ0n) is 14.8. The topological polar surface area (TPSA) is 47.6 Å². The highest BCUT2D eigenvalue weighted by molar-refractivity contribution is 9.10. The van der Waals surface area contributed by atoms with Gasteiger partial charge in [0.1, 0.15) is 4.83 Å². The van der Waals surface area contributed by atoms with Gasteiger partial charge in [-0.25, -0.2) is 5.43 Å². The van der Waals surface area contributed by atoms with Crippen LogP contribution in [0, 0.1) is 17.3 Å². The van der Waals surface area contributed by atoms with E-state index in [0.29, 0.717) is 5.41 Å². The molecule has 136 valence electrons. The van der Waals surface area contributed by atoms with Gasteiger partial charge in [-0.15, -0.1) is 0 Å². The van der Waals surface area contributed by atoms with Crippen LogP contribution in [0.3, 0.4) is 0 Å². The van der Waals surface area contributed by atoms with Crippen LogP contribution in [-0.4, -0.2) is 65.8 Å². The maximum absolute atomic E-state index is 11.8. The zero-order chi connectivity index (χ0) is 16.7. The molecule has 1 aliphatic carbocycles. The number of hydrogen-bond acceptors (Lipinski definition) is 4. The summed E-state index contributed by atoms with van der Waals surface area (Å²) in [6.07, 6.45) is 7.08. The molecule has 3 saturated heterocycles. The van der Waals surface area contributed by atoms with E-state index in [-0.39, 0.29) is 16.8 Å². The molecule has 4 rings (SSSR count). The Hall–Kier alpha value is -0.170. The Bertz CT molecular complexity index is 482. The SMILES string of the molecule is CC1CCCCC1CN1CCC2(C1)CN(C1CNNC(=O)C1Br)C2. The average Bonchev–Trinajstić information content (AvgIpc) is 2.95. The Balaban J connectivity index is 1.28. The van der Waals surface area contributed by atoms with Crippen LogP contribution < -0.4 is 10.9 Å². The second-order valence-corrected chi connectivity index (χ2v) is 9.74. The van der Waals surface area contributed by atoms with Gasteiger partial charge in [-0.3, -0.25) is 15.1 Å². The Morgan fingerprint density at radius 3 is 2.83 bits per heavy atom. The van der Waals surface area contributed by atoms with Crippen molar-refractivity contribution in [3.05, 3.63) is 0 Å². The monoisotopic (exact) mass is 398 g/mol. The minimum Gasteiger partial charge on any atom is -0.302 e. The third-order valence-electron chi connectivity index (χ3n) is 6.96. The van der Waals surface area contributed by atoms with Gasteiger partial charge in [-0.1, -0.05) is 42.1 Å². The summed E-state index contributed by atoms with van der Waals surface area (Å²) in [5, 5.41) is 0. The van der Waals surface area contributed by atoms with E-state index in [0.717, 1.165) is 31.5 Å². The van der Waals surface area contributed by atoms with Gasteiger partial charge < -0.3 is 4.90 Å². The zero-order valence-corrected chi connectivity index (χ0v) is 16.4. The molecule has 6 heteroatoms. The van der Waals surface area contributed by atoms with Gasteiger partial charge >= 0.3 is 0 Å². The lowest BCUT2D eigenvalue weighted by Gasteiger charge is -2.53. The van der Waals surface area contributed by atoms with Crippen molar-refractivity contribution in [2.45, 2.75) is 49.9 Å². The molecule has 0 aromatic heterocycles. The number of amides is 1. The summed E-state index contributed by atoms with van der Waals surface area (Å²) in [5.74, 6) is 1.89. The number of hydrogen-bond donors (Lipinski definition) is 2. The lowest BCUT2D eigenvalue weighted by Crippen LogP contribution is -2.69. The summed E-state index contributed by atoms with van der Waals surface area (Å²) in [5.41, 5.74) is 6.24. The molecule has 4 atom stereocenters. The number of alkyl halides is 1. The van der Waals surface area contributed by atoms with Crippen molar-refractivity contribution in [1.29, 1.82) is 0 Å². The van der Waals surface area contributed by atoms with Gasteiger partial charge in [-0.2, -0.15) is 0 Å². The molecule has 3 aliphatic heterocycles. The number of rotatable bonds is 3. The van der Waals surface area contributed by atoms with Crippen LogP contribution in [0.5, 0.6) is 0 Å². The van der Waals surface area contributed by atoms with Crippen molar-refractivity contribution in [1.82, 2.24) is 20.7 Å². The molecule has 5 nitrogen and oxygen atoms in total. The van der Waals surface area contributed by atoms with Crippen LogP contribution in [0.25, 0.3) is 0 Å². The molecular formula is C18H31BrN4O. The molecule has 3 heterocycles. The molecule has 0 aromatic carbocycles. The second-order valence-electron chi connectivity index (χ2n) is 8.75. The highest BCUT2D eigenvalue weighted by Gasteiger charge is 2.51. The number of carbonyl (C=O) groups is 1. The summed E-state index contributed by atoms with van der Waals surface area (Å²) < 4.78 is 0. The molecule has 1 saturated carbocycles. The Morgan fingerprint density at radius 1 is 1.25 bits per heavy atom. The minimum atomic E-state index is -0.0864. The van der Waals surface area contributed by atoms with Crippen LogP contribution >= 0.6 is 15.9 Å². The van der Waals surface area contributed by atoms with E-state index >= 15 is 0 Å². The number of nitrogens with one attached hydrogen (secondary N) is 2. The van der Waals surface area contributed by atoms with Gasteiger partial charge in [0.15, 0.2) is 0 Å². The van der Waals surface area contributed by atoms with Crippen molar-refractivity contribution in [3.8, 4) is 0 Å². The summed E-state index contributed by atoms with van der Waals surface area (Å²) in [4.78, 5) is 17.0. The van der Waals surface area contributed by atoms with E-state index in [1.54, 1.807) is 0 Å². The summed E-state index contributed by atoms with van der Waals surface area (Å²) in [7, 11) is 0. The summed E-state index contributed by atoms with van der Waals surface area (Å²) >= 11 is 3.57. The number of likely N-dealkylation sites (tertiary alicyclic amines) is 2. The highest BCUT2D eigenvalue weighted by Crippen LogP contribution is 2.42. The van der Waals surface area contributed by atoms with E-state index in [1.165, 1.54) is 51.7 Å². The number of carbonyl (C=O) groups excluding carboxylic acids is 1. The quantitative estimate of drug-likeness (QED) is 0.708. The first-order valence-electron chi connectivity index (χ1n) is 9.70. The van der Waals surface area contributed by atoms with Gasteiger partial charge in [0, 0.05) is 44.2 Å². The molecule has 4 fully saturated rings. The fourth-order valence-electron chi connectivity index (χ4n) is 5.39. The molecule has 4 aliphatic rings. The van der Waals surface area contributed by atoms with Crippen molar-refractivity contribution in [2.75, 3.05) is 39.3 Å². The Morgan fingerprint density at radius 2 is 2.04 bits per heavy atom. The van der Waals surface area contributed by atoms with E-state index in [1.807, 2.05) is 0 Å². The predicted octanol–water partition coefficient (Wildman–Crippen LogP) is 1.59. The van der Waals surface area contributed by atoms with Gasteiger partial charge in [-0.05, 0) is 31.2 Å². The van der Waals surface area contributed by atoms with Crippen LogP contribution in [0.4, 0.5) is 0 Å². The molecule has 0 aromatic rings. The van der Waals surface area contributed by atoms with E-state index in [2.05, 4.69) is 43.5 Å². The first-order chi connectivity index (χ1) is 11.6. The molecule has 1 spiro atoms. The highest BCUT2D eigenvalue weighted by atomic mass is 79.9. The number of hydrazine groups is 1. The van der Waals surface area contributed by atoms with Gasteiger partial charge in [0.05, 0.1) is 0 Å². The first kappa shape index (κ1) is 17.3. The predicted molar refractivity (Wildman–Crippen MR) is 98.8 cm³/mol. The van der Waals surface area contributed by atoms with Gasteiger partial charge in [0.25, 0.3) is 0 Å². The van der Waals surface area contributed by atoms with E-state index in [9.17, 15) is 4.79 Å². The van der Waals surface area contributed by atoms with Crippen LogP contribution in [0.1, 0.15) is 39.0 Å². The molecule has 24 heavy (non-hydrogen) atoms. The van der Waals surface area contributed by atoms with Crippen LogP contribution in [0.2, 0.25) is 0 Å². The summed E-state index contributed by atoms with van der Waals surface area (Å²) in [6, 6.07) is 0.289. The van der Waals surface area contributed by atoms with E-state index in [4.69, 9.17) is 0 Å². The molecule has 0 radical (unpaired) electrons. The lowest BCUT2D eigenvalue weighted by atomic mass is 9.77. The fraction of sp³-hybridized carbons (Fsp3) is 0.944. The van der Waals surface area contributed by atoms with Crippen molar-refractivity contribution >= 4 is 21.8 Å². The van der Waals surface area contributed by atoms with Crippen molar-refractivity contribution < 1.29 is 4.79 Å². The normalized spacial score (nSPS) is 40.5.